The van der Waals surface area contributed by atoms with Crippen molar-refractivity contribution >= 4 is 5.78 Å². The summed E-state index contributed by atoms with van der Waals surface area (Å²) < 4.78 is 13.3. The number of aryl methyl sites for hydroxylation is 1. The van der Waals surface area contributed by atoms with E-state index in [9.17, 15) is 4.79 Å². The summed E-state index contributed by atoms with van der Waals surface area (Å²) in [5.74, 6) is -0.510. The Labute approximate surface area is 159 Å². The van der Waals surface area contributed by atoms with Crippen LogP contribution in [0.1, 0.15) is 41.2 Å². The molecule has 1 aromatic carbocycles. The molecular formula is C21H25N3O3. The Morgan fingerprint density at radius 1 is 1.33 bits per heavy atom. The number of Topliss-reactive ketones (excluding diaryl/α,β-unsaturated/α-hetero) is 1. The van der Waals surface area contributed by atoms with Gasteiger partial charge in [0.2, 0.25) is 0 Å². The average Bonchev–Trinajstić information content (AvgIpc) is 3.13. The van der Waals surface area contributed by atoms with Crippen molar-refractivity contribution in [3.8, 4) is 11.8 Å². The highest BCUT2D eigenvalue weighted by Gasteiger charge is 2.32. The lowest BCUT2D eigenvalue weighted by atomic mass is 10.1. The third-order valence-corrected chi connectivity index (χ3v) is 4.71. The van der Waals surface area contributed by atoms with Crippen molar-refractivity contribution in [1.29, 1.82) is 5.26 Å². The molecule has 0 saturated carbocycles. The molecule has 2 aromatic rings. The van der Waals surface area contributed by atoms with E-state index in [4.69, 9.17) is 14.7 Å². The molecule has 1 unspecified atom stereocenters. The molecule has 1 saturated heterocycles. The van der Waals surface area contributed by atoms with Crippen LogP contribution in [0.25, 0.3) is 5.69 Å². The Balaban J connectivity index is 1.66. The predicted octanol–water partition coefficient (Wildman–Crippen LogP) is 2.89. The van der Waals surface area contributed by atoms with E-state index in [1.807, 2.05) is 50.5 Å². The summed E-state index contributed by atoms with van der Waals surface area (Å²) in [4.78, 5) is 12.7. The molecule has 2 heterocycles. The number of rotatable bonds is 6. The maximum atomic E-state index is 12.7. The second-order valence-electron chi connectivity index (χ2n) is 7.28. The summed E-state index contributed by atoms with van der Waals surface area (Å²) in [5, 5.41) is 12.1. The van der Waals surface area contributed by atoms with Gasteiger partial charge in [0.1, 0.15) is 0 Å². The van der Waals surface area contributed by atoms with Crippen LogP contribution in [0.3, 0.4) is 0 Å². The summed E-state index contributed by atoms with van der Waals surface area (Å²) in [6, 6.07) is 11.4. The lowest BCUT2D eigenvalue weighted by Crippen LogP contribution is -2.33. The minimum Gasteiger partial charge on any atom is -0.348 e. The third-order valence-electron chi connectivity index (χ3n) is 4.71. The Morgan fingerprint density at radius 3 is 2.63 bits per heavy atom. The van der Waals surface area contributed by atoms with Crippen LogP contribution in [0, 0.1) is 25.2 Å². The molecule has 0 radical (unpaired) electrons. The van der Waals surface area contributed by atoms with E-state index in [2.05, 4.69) is 11.4 Å². The lowest BCUT2D eigenvalue weighted by Gasteiger charge is -2.17. The van der Waals surface area contributed by atoms with E-state index >= 15 is 0 Å². The molecule has 1 atom stereocenters. The van der Waals surface area contributed by atoms with Crippen LogP contribution < -0.4 is 5.32 Å². The zero-order valence-electron chi connectivity index (χ0n) is 16.2. The highest BCUT2D eigenvalue weighted by molar-refractivity contribution is 5.99. The molecule has 27 heavy (non-hydrogen) atoms. The van der Waals surface area contributed by atoms with E-state index in [0.717, 1.165) is 17.1 Å². The van der Waals surface area contributed by atoms with Crippen molar-refractivity contribution in [1.82, 2.24) is 9.88 Å². The molecule has 1 aliphatic heterocycles. The summed E-state index contributed by atoms with van der Waals surface area (Å²) in [7, 11) is 0. The summed E-state index contributed by atoms with van der Waals surface area (Å²) in [5.41, 5.74) is 4.13. The van der Waals surface area contributed by atoms with Crippen LogP contribution in [-0.4, -0.2) is 41.9 Å². The van der Waals surface area contributed by atoms with Gasteiger partial charge >= 0.3 is 0 Å². The van der Waals surface area contributed by atoms with Crippen molar-refractivity contribution in [3.05, 3.63) is 52.8 Å². The van der Waals surface area contributed by atoms with Gasteiger partial charge in [0.05, 0.1) is 30.9 Å². The fourth-order valence-corrected chi connectivity index (χ4v) is 3.43. The van der Waals surface area contributed by atoms with Crippen molar-refractivity contribution in [2.45, 2.75) is 39.6 Å². The van der Waals surface area contributed by atoms with E-state index in [-0.39, 0.29) is 18.4 Å². The molecule has 0 aliphatic carbocycles. The number of nitriles is 1. The van der Waals surface area contributed by atoms with Gasteiger partial charge in [0.25, 0.3) is 0 Å². The summed E-state index contributed by atoms with van der Waals surface area (Å²) in [6.45, 7) is 9.03. The van der Waals surface area contributed by atoms with Gasteiger partial charge in [-0.15, -0.1) is 0 Å². The van der Waals surface area contributed by atoms with Crippen molar-refractivity contribution in [2.75, 3.05) is 19.7 Å². The van der Waals surface area contributed by atoms with E-state index < -0.39 is 5.79 Å². The number of nitrogens with one attached hydrogen (secondary N) is 1. The number of ketones is 1. The molecule has 142 valence electrons. The summed E-state index contributed by atoms with van der Waals surface area (Å²) >= 11 is 0. The zero-order valence-corrected chi connectivity index (χ0v) is 16.2. The molecule has 6 heteroatoms. The topological polar surface area (TPSA) is 76.3 Å². The molecule has 6 nitrogen and oxygen atoms in total. The van der Waals surface area contributed by atoms with Gasteiger partial charge in [0, 0.05) is 29.2 Å². The Hall–Kier alpha value is -2.46. The van der Waals surface area contributed by atoms with Crippen LogP contribution in [0.4, 0.5) is 0 Å². The quantitative estimate of drug-likeness (QED) is 0.795. The van der Waals surface area contributed by atoms with Crippen molar-refractivity contribution in [2.24, 2.45) is 0 Å². The van der Waals surface area contributed by atoms with Gasteiger partial charge in [-0.2, -0.15) is 5.26 Å². The molecule has 1 aliphatic rings. The predicted molar refractivity (Wildman–Crippen MR) is 102 cm³/mol. The van der Waals surface area contributed by atoms with Gasteiger partial charge in [-0.1, -0.05) is 0 Å². The first-order valence-electron chi connectivity index (χ1n) is 9.06. The van der Waals surface area contributed by atoms with Crippen molar-refractivity contribution in [3.63, 3.8) is 0 Å². The Bertz CT molecular complexity index is 875. The van der Waals surface area contributed by atoms with Gasteiger partial charge in [-0.3, -0.25) is 4.79 Å². The maximum absolute atomic E-state index is 12.7. The van der Waals surface area contributed by atoms with Crippen LogP contribution >= 0.6 is 0 Å². The summed E-state index contributed by atoms with van der Waals surface area (Å²) in [6.07, 6.45) is -0.0427. The Kier molecular flexibility index (Phi) is 5.47. The highest BCUT2D eigenvalue weighted by Crippen LogP contribution is 2.23. The smallest absolute Gasteiger partial charge is 0.178 e. The van der Waals surface area contributed by atoms with Crippen LogP contribution in [-0.2, 0) is 9.47 Å². The van der Waals surface area contributed by atoms with Gasteiger partial charge < -0.3 is 19.4 Å². The first-order valence-corrected chi connectivity index (χ1v) is 9.06. The fraction of sp³-hybridized carbons (Fsp3) is 0.429. The first kappa shape index (κ1) is 19.3. The van der Waals surface area contributed by atoms with Gasteiger partial charge in [-0.25, -0.2) is 0 Å². The standard InChI is InChI=1S/C21H25N3O3/c1-14-9-19(15(2)24(14)17-7-5-16(10-22)6-8-17)20(25)12-23-11-18-13-26-21(3,4)27-18/h5-9,18,23H,11-13H2,1-4H3. The first-order chi connectivity index (χ1) is 12.8. The zero-order chi connectivity index (χ0) is 19.6. The highest BCUT2D eigenvalue weighted by atomic mass is 16.7. The molecule has 1 aromatic heterocycles. The second kappa shape index (κ2) is 7.65. The van der Waals surface area contributed by atoms with Crippen LogP contribution in [0.5, 0.6) is 0 Å². The number of aromatic nitrogens is 1. The molecular weight excluding hydrogens is 342 g/mol. The van der Waals surface area contributed by atoms with Crippen LogP contribution in [0.2, 0.25) is 0 Å². The molecule has 0 spiro atoms. The number of hydrogen-bond acceptors (Lipinski definition) is 5. The van der Waals surface area contributed by atoms with Crippen molar-refractivity contribution < 1.29 is 14.3 Å². The number of benzene rings is 1. The Morgan fingerprint density at radius 2 is 2.04 bits per heavy atom. The van der Waals surface area contributed by atoms with E-state index in [0.29, 0.717) is 24.3 Å². The molecule has 0 bridgehead atoms. The lowest BCUT2D eigenvalue weighted by molar-refractivity contribution is -0.137. The van der Waals surface area contributed by atoms with Gasteiger partial charge in [-0.05, 0) is 58.0 Å². The molecule has 0 amide bonds. The molecule has 1 fully saturated rings. The second-order valence-corrected chi connectivity index (χ2v) is 7.28. The van der Waals surface area contributed by atoms with Crippen LogP contribution in [0.15, 0.2) is 30.3 Å². The number of carbonyl (C=O) groups is 1. The average molecular weight is 367 g/mol. The SMILES string of the molecule is Cc1cc(C(=O)CNCC2COC(C)(C)O2)c(C)n1-c1ccc(C#N)cc1. The normalized spacial score (nSPS) is 18.4. The minimum absolute atomic E-state index is 0.0427. The number of carbonyl (C=O) groups excluding carboxylic acids is 1. The number of ether oxygens (including phenoxy) is 2. The molecule has 1 N–H and O–H groups in total. The number of nitrogens with zero attached hydrogens (tertiary/aromatic N) is 2. The minimum atomic E-state index is -0.553. The monoisotopic (exact) mass is 367 g/mol. The largest absolute Gasteiger partial charge is 0.348 e. The fourth-order valence-electron chi connectivity index (χ4n) is 3.43. The third kappa shape index (κ3) is 4.28. The van der Waals surface area contributed by atoms with Gasteiger partial charge in [0.15, 0.2) is 11.6 Å². The van der Waals surface area contributed by atoms with E-state index in [1.54, 1.807) is 12.1 Å². The number of hydrogen-bond donors (Lipinski definition) is 1. The van der Waals surface area contributed by atoms with E-state index in [1.165, 1.54) is 0 Å². The molecule has 3 rings (SSSR count). The maximum Gasteiger partial charge on any atom is 0.178 e.